The van der Waals surface area contributed by atoms with Crippen molar-refractivity contribution in [2.45, 2.75) is 70.0 Å². The molecule has 0 saturated carbocycles. The van der Waals surface area contributed by atoms with Gasteiger partial charge in [0, 0.05) is 42.6 Å². The van der Waals surface area contributed by atoms with Crippen LogP contribution in [0.5, 0.6) is 0 Å². The second kappa shape index (κ2) is 10.7. The van der Waals surface area contributed by atoms with Crippen LogP contribution in [-0.2, 0) is 25.7 Å². The van der Waals surface area contributed by atoms with Crippen molar-refractivity contribution in [3.63, 3.8) is 0 Å². The summed E-state index contributed by atoms with van der Waals surface area (Å²) >= 11 is -1.76. The number of hydrogen-bond donors (Lipinski definition) is 2. The molecule has 188 valence electrons. The maximum atomic E-state index is 15.8. The summed E-state index contributed by atoms with van der Waals surface area (Å²) in [6.45, 7) is 7.49. The Hall–Kier alpha value is -2.08. The van der Waals surface area contributed by atoms with Gasteiger partial charge >= 0.3 is 6.03 Å². The zero-order chi connectivity index (χ0) is 25.2. The molecule has 11 heteroatoms. The lowest BCUT2D eigenvalue weighted by atomic mass is 9.90. The minimum Gasteiger partial charge on any atom is -0.598 e. The molecule has 2 aliphatic rings. The molecule has 2 aliphatic heterocycles. The number of benzene rings is 1. The van der Waals surface area contributed by atoms with Gasteiger partial charge in [-0.25, -0.2) is 13.6 Å². The summed E-state index contributed by atoms with van der Waals surface area (Å²) in [5.74, 6) is -3.86. The van der Waals surface area contributed by atoms with Gasteiger partial charge in [-0.1, -0.05) is 17.7 Å². The van der Waals surface area contributed by atoms with Crippen LogP contribution < -0.4 is 10.0 Å². The third kappa shape index (κ3) is 5.94. The first kappa shape index (κ1) is 26.5. The summed E-state index contributed by atoms with van der Waals surface area (Å²) in [6, 6.07) is 1.50. The fraction of sp³-hybridized carbons (Fsp3) is 0.609. The van der Waals surface area contributed by atoms with Crippen LogP contribution in [0.25, 0.3) is 0 Å². The number of barbiturate groups is 1. The first-order chi connectivity index (χ1) is 15.9. The molecular weight excluding hydrogens is 468 g/mol. The van der Waals surface area contributed by atoms with Gasteiger partial charge in [-0.3, -0.25) is 19.8 Å². The predicted octanol–water partition coefficient (Wildman–Crippen LogP) is 2.83. The van der Waals surface area contributed by atoms with Crippen LogP contribution in [0.4, 0.5) is 13.6 Å². The standard InChI is InChI=1S/C23H31F2N3O5S/c1-13-5-6-17(24)15(11-13)19(27-34(32)23(2,3)4)18(25)12-16-20(29)26-22(31)28(21(16)30)14-7-9-33-10-8-14/h5-6,11,14,16,18-19,27H,7-10,12H2,1-4H3,(H,26,29,31)/t16?,18-,19?,34?/m0/s1. The minimum absolute atomic E-state index is 0.0499. The summed E-state index contributed by atoms with van der Waals surface area (Å²) in [7, 11) is 0. The Labute approximate surface area is 201 Å². The van der Waals surface area contributed by atoms with E-state index in [1.165, 1.54) is 18.2 Å². The largest absolute Gasteiger partial charge is 0.598 e. The van der Waals surface area contributed by atoms with Crippen LogP contribution in [0.1, 0.15) is 57.2 Å². The Bertz CT molecular complexity index is 936. The summed E-state index contributed by atoms with van der Waals surface area (Å²) in [5.41, 5.74) is 0.617. The van der Waals surface area contributed by atoms with Crippen molar-refractivity contribution in [3.05, 3.63) is 35.1 Å². The quantitative estimate of drug-likeness (QED) is 0.441. The van der Waals surface area contributed by atoms with Gasteiger partial charge < -0.3 is 9.29 Å². The third-order valence-electron chi connectivity index (χ3n) is 5.96. The van der Waals surface area contributed by atoms with Gasteiger partial charge in [0.25, 0.3) is 0 Å². The Kier molecular flexibility index (Phi) is 8.33. The molecule has 3 unspecified atom stereocenters. The zero-order valence-electron chi connectivity index (χ0n) is 19.7. The van der Waals surface area contributed by atoms with Crippen LogP contribution >= 0.6 is 0 Å². The number of aryl methyl sites for hydroxylation is 1. The minimum atomic E-state index is -1.95. The Morgan fingerprint density at radius 3 is 2.53 bits per heavy atom. The normalized spacial score (nSPS) is 23.0. The fourth-order valence-electron chi connectivity index (χ4n) is 4.02. The molecular formula is C23H31F2N3O5S. The number of carbonyl (C=O) groups excluding carboxylic acids is 3. The van der Waals surface area contributed by atoms with Crippen molar-refractivity contribution >= 4 is 29.2 Å². The average molecular weight is 500 g/mol. The number of urea groups is 1. The van der Waals surface area contributed by atoms with Crippen LogP contribution in [0.3, 0.4) is 0 Å². The average Bonchev–Trinajstić information content (AvgIpc) is 2.76. The van der Waals surface area contributed by atoms with Crippen molar-refractivity contribution in [1.82, 2.24) is 14.9 Å². The van der Waals surface area contributed by atoms with E-state index >= 15 is 4.39 Å². The van der Waals surface area contributed by atoms with E-state index in [0.717, 1.165) is 4.90 Å². The van der Waals surface area contributed by atoms with E-state index < -0.39 is 70.4 Å². The second-order valence-corrected chi connectivity index (χ2v) is 11.6. The highest BCUT2D eigenvalue weighted by Crippen LogP contribution is 2.32. The van der Waals surface area contributed by atoms with Crippen molar-refractivity contribution in [1.29, 1.82) is 0 Å². The molecule has 0 radical (unpaired) electrons. The van der Waals surface area contributed by atoms with Gasteiger partial charge in [-0.15, -0.1) is 4.72 Å². The van der Waals surface area contributed by atoms with E-state index in [2.05, 4.69) is 10.0 Å². The van der Waals surface area contributed by atoms with Gasteiger partial charge in [0.05, 0.1) is 0 Å². The molecule has 0 bridgehead atoms. The first-order valence-corrected chi connectivity index (χ1v) is 12.4. The number of imide groups is 2. The topological polar surface area (TPSA) is 111 Å². The lowest BCUT2D eigenvalue weighted by molar-refractivity contribution is -0.146. The number of carbonyl (C=O) groups is 3. The lowest BCUT2D eigenvalue weighted by Crippen LogP contribution is -2.62. The van der Waals surface area contributed by atoms with Crippen molar-refractivity contribution in [2.75, 3.05) is 13.2 Å². The maximum absolute atomic E-state index is 15.8. The predicted molar refractivity (Wildman–Crippen MR) is 122 cm³/mol. The zero-order valence-corrected chi connectivity index (χ0v) is 20.5. The van der Waals surface area contributed by atoms with E-state index in [4.69, 9.17) is 4.74 Å². The maximum Gasteiger partial charge on any atom is 0.331 e. The number of nitrogens with zero attached hydrogens (tertiary/aromatic N) is 1. The van der Waals surface area contributed by atoms with Crippen LogP contribution in [0.15, 0.2) is 18.2 Å². The SMILES string of the molecule is Cc1ccc(F)c(C(N[S+]([O-])C(C)(C)C)[C@@H](F)CC2C(=O)NC(=O)N(C3CCOCC3)C2=O)c1. The highest BCUT2D eigenvalue weighted by atomic mass is 32.2. The molecule has 34 heavy (non-hydrogen) atoms. The summed E-state index contributed by atoms with van der Waals surface area (Å²) in [4.78, 5) is 39.0. The van der Waals surface area contributed by atoms with E-state index in [-0.39, 0.29) is 5.56 Å². The van der Waals surface area contributed by atoms with Gasteiger partial charge in [-0.05, 0) is 46.6 Å². The van der Waals surface area contributed by atoms with Crippen LogP contribution in [0.2, 0.25) is 0 Å². The molecule has 0 aromatic heterocycles. The summed E-state index contributed by atoms with van der Waals surface area (Å²) in [5, 5.41) is 2.14. The molecule has 3 rings (SSSR count). The number of ether oxygens (including phenoxy) is 1. The van der Waals surface area contributed by atoms with E-state index in [1.807, 2.05) is 0 Å². The molecule has 2 heterocycles. The summed E-state index contributed by atoms with van der Waals surface area (Å²) in [6.07, 6.45) is -1.72. The highest BCUT2D eigenvalue weighted by Gasteiger charge is 2.46. The Morgan fingerprint density at radius 1 is 1.26 bits per heavy atom. The van der Waals surface area contributed by atoms with Crippen molar-refractivity contribution in [2.24, 2.45) is 5.92 Å². The van der Waals surface area contributed by atoms with Crippen LogP contribution in [-0.4, -0.2) is 57.5 Å². The van der Waals surface area contributed by atoms with Gasteiger partial charge in [0.2, 0.25) is 11.8 Å². The molecule has 2 N–H and O–H groups in total. The van der Waals surface area contributed by atoms with E-state index in [1.54, 1.807) is 27.7 Å². The Balaban J connectivity index is 1.87. The third-order valence-corrected chi connectivity index (χ3v) is 7.54. The molecule has 4 amide bonds. The van der Waals surface area contributed by atoms with E-state index in [9.17, 15) is 23.3 Å². The highest BCUT2D eigenvalue weighted by molar-refractivity contribution is 7.90. The number of hydrogen-bond acceptors (Lipinski definition) is 6. The van der Waals surface area contributed by atoms with Gasteiger partial charge in [0.15, 0.2) is 0 Å². The number of amides is 4. The Morgan fingerprint density at radius 2 is 1.91 bits per heavy atom. The molecule has 2 fully saturated rings. The van der Waals surface area contributed by atoms with E-state index in [0.29, 0.717) is 31.6 Å². The number of alkyl halides is 1. The van der Waals surface area contributed by atoms with Crippen molar-refractivity contribution in [3.8, 4) is 0 Å². The van der Waals surface area contributed by atoms with Gasteiger partial charge in [-0.2, -0.15) is 0 Å². The number of rotatable bonds is 7. The van der Waals surface area contributed by atoms with Gasteiger partial charge in [0.1, 0.15) is 28.7 Å². The molecule has 1 aromatic carbocycles. The fourth-order valence-corrected chi connectivity index (χ4v) is 4.88. The molecule has 0 aliphatic carbocycles. The first-order valence-electron chi connectivity index (χ1n) is 11.2. The monoisotopic (exact) mass is 499 g/mol. The number of nitrogens with one attached hydrogen (secondary N) is 2. The molecule has 8 nitrogen and oxygen atoms in total. The molecule has 0 spiro atoms. The lowest BCUT2D eigenvalue weighted by Gasteiger charge is -2.38. The summed E-state index contributed by atoms with van der Waals surface area (Å²) < 4.78 is 50.4. The number of halogens is 2. The molecule has 1 aromatic rings. The second-order valence-electron chi connectivity index (χ2n) is 9.65. The van der Waals surface area contributed by atoms with Crippen molar-refractivity contribution < 1.29 is 32.5 Å². The molecule has 2 saturated heterocycles. The smallest absolute Gasteiger partial charge is 0.331 e. The molecule has 4 atom stereocenters. The van der Waals surface area contributed by atoms with Crippen LogP contribution in [0, 0.1) is 18.7 Å².